The number of fused-ring (bicyclic) bond motifs is 4. The first-order chi connectivity index (χ1) is 31.5. The summed E-state index contributed by atoms with van der Waals surface area (Å²) >= 11 is 0. The Bertz CT molecular complexity index is 2580. The number of hydrogen-bond donors (Lipinski definition) is 2. The third kappa shape index (κ3) is 10.2. The molecule has 2 N–H and O–H groups in total. The van der Waals surface area contributed by atoms with Crippen LogP contribution in [0.5, 0.6) is 0 Å². The van der Waals surface area contributed by atoms with Crippen LogP contribution in [0, 0.1) is 17.8 Å². The zero-order valence-electron chi connectivity index (χ0n) is 38.7. The minimum Gasteiger partial charge on any atom is -0.445 e. The predicted octanol–water partition coefficient (Wildman–Crippen LogP) is 10.2. The minimum atomic E-state index is -0.678. The average molecular weight is 896 g/mol. The number of rotatable bonds is 6. The first-order valence-electron chi connectivity index (χ1n) is 23.1. The Kier molecular flexibility index (Phi) is 13.3. The molecule has 5 aromatic rings. The molecule has 9 rings (SSSR count). The molecular formula is C53H61N5O8. The van der Waals surface area contributed by atoms with E-state index in [2.05, 4.69) is 10.6 Å². The Labute approximate surface area is 386 Å². The number of carbonyl (C=O) groups excluding carboxylic acids is 5. The van der Waals surface area contributed by atoms with Gasteiger partial charge in [0.25, 0.3) is 0 Å². The van der Waals surface area contributed by atoms with Crippen LogP contribution in [0.25, 0.3) is 21.5 Å². The van der Waals surface area contributed by atoms with Crippen LogP contribution in [-0.4, -0.2) is 93.8 Å². The zero-order chi connectivity index (χ0) is 46.8. The molecule has 1 saturated carbocycles. The summed E-state index contributed by atoms with van der Waals surface area (Å²) in [6, 6.07) is 36.1. The number of carbonyl (C=O) groups is 5. The van der Waals surface area contributed by atoms with Gasteiger partial charge in [0.2, 0.25) is 11.8 Å². The summed E-state index contributed by atoms with van der Waals surface area (Å²) in [5.41, 5.74) is 1.19. The normalized spacial score (nSPS) is 22.2. The second kappa shape index (κ2) is 19.1. The lowest BCUT2D eigenvalue weighted by Gasteiger charge is -2.31. The van der Waals surface area contributed by atoms with E-state index in [0.29, 0.717) is 31.1 Å². The van der Waals surface area contributed by atoms with Gasteiger partial charge in [-0.25, -0.2) is 14.4 Å². The lowest BCUT2D eigenvalue weighted by Crippen LogP contribution is -2.47. The van der Waals surface area contributed by atoms with Crippen molar-refractivity contribution in [2.75, 3.05) is 30.3 Å². The minimum absolute atomic E-state index is 0.000637. The van der Waals surface area contributed by atoms with Crippen LogP contribution in [-0.2, 0) is 30.4 Å². The fourth-order valence-electron chi connectivity index (χ4n) is 10.1. The van der Waals surface area contributed by atoms with Crippen molar-refractivity contribution in [3.05, 3.63) is 121 Å². The van der Waals surface area contributed by atoms with Crippen molar-refractivity contribution < 1.29 is 38.2 Å². The molecule has 66 heavy (non-hydrogen) atoms. The van der Waals surface area contributed by atoms with Gasteiger partial charge in [-0.3, -0.25) is 9.59 Å². The summed E-state index contributed by atoms with van der Waals surface area (Å²) in [6.07, 6.45) is 2.01. The van der Waals surface area contributed by atoms with Crippen molar-refractivity contribution in [3.63, 3.8) is 0 Å². The zero-order valence-corrected chi connectivity index (χ0v) is 38.7. The summed E-state index contributed by atoms with van der Waals surface area (Å²) in [7, 11) is 0. The van der Waals surface area contributed by atoms with E-state index in [9.17, 15) is 24.0 Å². The molecular weight excluding hydrogens is 835 g/mol. The predicted molar refractivity (Wildman–Crippen MR) is 255 cm³/mol. The van der Waals surface area contributed by atoms with Gasteiger partial charge >= 0.3 is 18.3 Å². The number of benzene rings is 5. The molecule has 4 aliphatic rings. The van der Waals surface area contributed by atoms with E-state index in [0.717, 1.165) is 52.1 Å². The van der Waals surface area contributed by atoms with Crippen molar-refractivity contribution in [3.8, 4) is 0 Å². The quantitative estimate of drug-likeness (QED) is 0.160. The third-order valence-electron chi connectivity index (χ3n) is 12.9. The van der Waals surface area contributed by atoms with Gasteiger partial charge in [0.1, 0.15) is 17.8 Å². The molecule has 13 heteroatoms. The summed E-state index contributed by atoms with van der Waals surface area (Å²) in [6.45, 7) is 12.4. The second-order valence-corrected chi connectivity index (χ2v) is 19.7. The van der Waals surface area contributed by atoms with Gasteiger partial charge in [-0.2, -0.15) is 0 Å². The number of nitrogens with zero attached hydrogens (tertiary/aromatic N) is 3. The smallest absolute Gasteiger partial charge is 0.410 e. The average Bonchev–Trinajstić information content (AvgIpc) is 4.08. The van der Waals surface area contributed by atoms with Crippen LogP contribution in [0.4, 0.5) is 25.8 Å². The van der Waals surface area contributed by atoms with E-state index < -0.39 is 35.3 Å². The Morgan fingerprint density at radius 1 is 0.530 bits per heavy atom. The molecule has 5 aromatic carbocycles. The maximum atomic E-state index is 13.7. The number of nitrogens with one attached hydrogen (secondary N) is 2. The molecule has 1 aliphatic carbocycles. The molecule has 5 amide bonds. The van der Waals surface area contributed by atoms with Crippen LogP contribution in [0.3, 0.4) is 0 Å². The van der Waals surface area contributed by atoms with E-state index in [1.807, 2.05) is 157 Å². The van der Waals surface area contributed by atoms with E-state index in [1.54, 1.807) is 14.7 Å². The van der Waals surface area contributed by atoms with Gasteiger partial charge in [0, 0.05) is 47.8 Å². The summed E-state index contributed by atoms with van der Waals surface area (Å²) in [5, 5.41) is 10.3. The fraction of sp³-hybridized carbons (Fsp3) is 0.415. The molecule has 0 spiro atoms. The summed E-state index contributed by atoms with van der Waals surface area (Å²) in [5.74, 6) is -0.697. The number of ether oxygens (including phenoxy) is 3. The van der Waals surface area contributed by atoms with E-state index in [1.165, 1.54) is 0 Å². The number of amides is 5. The standard InChI is InChI=1S/C30H33N3O5.C23H28N2O3/c1-30(2,3)38-29(36)32-17-16-25-26(32)23(18-33(25)28(35)37-19-20-10-5-4-6-11-20)27(34)31-24-15-9-13-21-12-7-8-14-22(21)24;1-23(2,3)28-22(27)25-14-13-16-11-12-18(20(16)25)21(26)24-19-10-6-8-15-7-4-5-9-17(15)19/h4-15,23,25-26H,16-19H2,1-3H3,(H,31,34);4-10,16,18,20H,11-14H2,1-3H3,(H,24,26)/t23-,25+,26+;16-,18+,20+/m01/s1. The molecule has 3 saturated heterocycles. The van der Waals surface area contributed by atoms with Crippen molar-refractivity contribution in [1.29, 1.82) is 0 Å². The molecule has 0 unspecified atom stereocenters. The lowest BCUT2D eigenvalue weighted by molar-refractivity contribution is -0.121. The van der Waals surface area contributed by atoms with Crippen molar-refractivity contribution in [2.24, 2.45) is 17.8 Å². The Morgan fingerprint density at radius 2 is 1.03 bits per heavy atom. The first kappa shape index (κ1) is 45.9. The summed E-state index contributed by atoms with van der Waals surface area (Å²) in [4.78, 5) is 70.9. The molecule has 0 aromatic heterocycles. The molecule has 3 aliphatic heterocycles. The molecule has 13 nitrogen and oxygen atoms in total. The highest BCUT2D eigenvalue weighted by atomic mass is 16.6. The number of hydrogen-bond acceptors (Lipinski definition) is 8. The fourth-order valence-corrected chi connectivity index (χ4v) is 10.1. The Morgan fingerprint density at radius 3 is 1.61 bits per heavy atom. The SMILES string of the molecule is CC(C)(C)OC(=O)N1CC[C@@H]2[C@H]1[C@@H](C(=O)Nc1cccc3ccccc13)CN2C(=O)OCc1ccccc1.CC(C)(C)OC(=O)N1CC[C@H]2CC[C@H](C(=O)Nc3cccc4ccccc34)[C@H]21. The maximum absolute atomic E-state index is 13.7. The second-order valence-electron chi connectivity index (χ2n) is 19.7. The van der Waals surface area contributed by atoms with Crippen LogP contribution in [0.15, 0.2) is 115 Å². The van der Waals surface area contributed by atoms with Gasteiger partial charge in [0.15, 0.2) is 0 Å². The van der Waals surface area contributed by atoms with Crippen LogP contribution < -0.4 is 10.6 Å². The van der Waals surface area contributed by atoms with Gasteiger partial charge in [-0.15, -0.1) is 0 Å². The molecule has 0 radical (unpaired) electrons. The van der Waals surface area contributed by atoms with Crippen molar-refractivity contribution in [2.45, 2.75) is 103 Å². The van der Waals surface area contributed by atoms with Crippen LogP contribution in [0.2, 0.25) is 0 Å². The third-order valence-corrected chi connectivity index (χ3v) is 12.9. The van der Waals surface area contributed by atoms with Crippen LogP contribution >= 0.6 is 0 Å². The Hall–Kier alpha value is -6.63. The highest BCUT2D eigenvalue weighted by Crippen LogP contribution is 2.43. The van der Waals surface area contributed by atoms with Gasteiger partial charge in [-0.05, 0) is 102 Å². The van der Waals surface area contributed by atoms with E-state index >= 15 is 0 Å². The number of anilines is 2. The first-order valence-corrected chi connectivity index (χ1v) is 23.1. The van der Waals surface area contributed by atoms with Gasteiger partial charge in [0.05, 0.1) is 23.9 Å². The maximum Gasteiger partial charge on any atom is 0.410 e. The van der Waals surface area contributed by atoms with Crippen molar-refractivity contribution >= 4 is 63.0 Å². The van der Waals surface area contributed by atoms with E-state index in [-0.39, 0.29) is 49.1 Å². The van der Waals surface area contributed by atoms with Gasteiger partial charge in [-0.1, -0.05) is 103 Å². The highest BCUT2D eigenvalue weighted by molar-refractivity contribution is 6.04. The Balaban J connectivity index is 0.000000188. The molecule has 4 fully saturated rings. The molecule has 3 heterocycles. The number of likely N-dealkylation sites (tertiary alicyclic amines) is 3. The molecule has 0 bridgehead atoms. The molecule has 6 atom stereocenters. The van der Waals surface area contributed by atoms with Gasteiger partial charge < -0.3 is 39.5 Å². The summed E-state index contributed by atoms with van der Waals surface area (Å²) < 4.78 is 16.9. The molecule has 346 valence electrons. The van der Waals surface area contributed by atoms with Crippen LogP contribution in [0.1, 0.15) is 72.8 Å². The monoisotopic (exact) mass is 895 g/mol. The van der Waals surface area contributed by atoms with E-state index in [4.69, 9.17) is 14.2 Å². The largest absolute Gasteiger partial charge is 0.445 e. The topological polar surface area (TPSA) is 147 Å². The van der Waals surface area contributed by atoms with Crippen molar-refractivity contribution in [1.82, 2.24) is 14.7 Å². The highest BCUT2D eigenvalue weighted by Gasteiger charge is 2.55. The lowest BCUT2D eigenvalue weighted by atomic mass is 9.97.